The Morgan fingerprint density at radius 2 is 1.79 bits per heavy atom. The Morgan fingerprint density at radius 3 is 2.46 bits per heavy atom. The number of anilines is 1. The molecule has 2 saturated carbocycles. The van der Waals surface area contributed by atoms with Gasteiger partial charge in [-0.15, -0.1) is 0 Å². The fraction of sp³-hybridized carbons (Fsp3) is 0.593. The van der Waals surface area contributed by atoms with Crippen LogP contribution in [0.15, 0.2) is 23.1 Å². The molecule has 208 valence electrons. The van der Waals surface area contributed by atoms with Crippen molar-refractivity contribution >= 4 is 17.5 Å². The number of Topliss-reactive ketones (excluding diaryl/α,β-unsaturated/α-hetero) is 1. The van der Waals surface area contributed by atoms with Gasteiger partial charge < -0.3 is 15.1 Å². The van der Waals surface area contributed by atoms with Crippen LogP contribution in [0.3, 0.4) is 0 Å². The minimum atomic E-state index is -4.45. The lowest BCUT2D eigenvalue weighted by Crippen LogP contribution is -2.40. The number of carbonyl (C=O) groups excluding carboxylic acids is 2. The van der Waals surface area contributed by atoms with E-state index in [0.717, 1.165) is 31.5 Å². The first-order valence-corrected chi connectivity index (χ1v) is 13.3. The molecular formula is C27H30F3N5O4. The molecule has 4 heterocycles. The maximum absolute atomic E-state index is 13.5. The molecule has 2 unspecified atom stereocenters. The molecule has 4 fully saturated rings. The molecule has 1 amide bonds. The number of alkyl halides is 3. The molecule has 0 bridgehead atoms. The van der Waals surface area contributed by atoms with Crippen LogP contribution >= 0.6 is 0 Å². The molecular weight excluding hydrogens is 515 g/mol. The zero-order valence-electron chi connectivity index (χ0n) is 21.8. The third kappa shape index (κ3) is 4.14. The SMILES string of the molecule is Cc1nc(NC(=O)C2CCOC(c3ccc(=O)n(N4CCCC4)c3)C2)c(C(=O)C23CC2(C(F)(F)F)C3)nc1C. The van der Waals surface area contributed by atoms with Gasteiger partial charge in [-0.2, -0.15) is 13.2 Å². The summed E-state index contributed by atoms with van der Waals surface area (Å²) in [6.45, 7) is 5.20. The van der Waals surface area contributed by atoms with Gasteiger partial charge in [0.1, 0.15) is 5.69 Å². The molecule has 0 radical (unpaired) electrons. The second-order valence-corrected chi connectivity index (χ2v) is 11.3. The Labute approximate surface area is 222 Å². The van der Waals surface area contributed by atoms with E-state index in [1.165, 1.54) is 6.07 Å². The van der Waals surface area contributed by atoms with Crippen molar-refractivity contribution in [1.82, 2.24) is 14.6 Å². The van der Waals surface area contributed by atoms with Crippen molar-refractivity contribution in [2.24, 2.45) is 16.7 Å². The number of amides is 1. The maximum Gasteiger partial charge on any atom is 0.395 e. The second kappa shape index (κ2) is 8.87. The lowest BCUT2D eigenvalue weighted by atomic mass is 9.91. The van der Waals surface area contributed by atoms with Crippen molar-refractivity contribution in [2.75, 3.05) is 30.0 Å². The first-order chi connectivity index (χ1) is 18.5. The molecule has 39 heavy (non-hydrogen) atoms. The normalized spacial score (nSPS) is 29.6. The number of carbonyl (C=O) groups is 2. The number of ketones is 1. The number of hydrogen-bond donors (Lipinski definition) is 1. The first-order valence-electron chi connectivity index (χ1n) is 13.3. The fourth-order valence-electron chi connectivity index (χ4n) is 6.12. The third-order valence-electron chi connectivity index (χ3n) is 8.94. The summed E-state index contributed by atoms with van der Waals surface area (Å²) in [7, 11) is 0. The number of aryl methyl sites for hydroxylation is 2. The summed E-state index contributed by atoms with van der Waals surface area (Å²) in [5.41, 5.74) is -2.10. The van der Waals surface area contributed by atoms with Gasteiger partial charge in [0.05, 0.1) is 28.3 Å². The molecule has 2 aromatic rings. The minimum Gasteiger partial charge on any atom is -0.373 e. The van der Waals surface area contributed by atoms with Gasteiger partial charge in [0, 0.05) is 37.9 Å². The molecule has 2 aliphatic carbocycles. The van der Waals surface area contributed by atoms with Crippen molar-refractivity contribution < 1.29 is 27.5 Å². The number of pyridine rings is 1. The predicted molar refractivity (Wildman–Crippen MR) is 134 cm³/mol. The highest BCUT2D eigenvalue weighted by molar-refractivity contribution is 6.10. The number of aromatic nitrogens is 3. The fourth-order valence-corrected chi connectivity index (χ4v) is 6.12. The van der Waals surface area contributed by atoms with Gasteiger partial charge in [0.2, 0.25) is 5.91 Å². The first kappa shape index (κ1) is 26.0. The van der Waals surface area contributed by atoms with E-state index in [-0.39, 0.29) is 29.9 Å². The van der Waals surface area contributed by atoms with Gasteiger partial charge in [-0.25, -0.2) is 14.6 Å². The topological polar surface area (TPSA) is 106 Å². The van der Waals surface area contributed by atoms with Crippen LogP contribution in [0, 0.1) is 30.6 Å². The zero-order chi connectivity index (χ0) is 27.7. The van der Waals surface area contributed by atoms with E-state index < -0.39 is 40.7 Å². The zero-order valence-corrected chi connectivity index (χ0v) is 21.8. The average Bonchev–Trinajstić information content (AvgIpc) is 3.66. The second-order valence-electron chi connectivity index (χ2n) is 11.3. The summed E-state index contributed by atoms with van der Waals surface area (Å²) in [5, 5.41) is 4.69. The van der Waals surface area contributed by atoms with E-state index in [1.54, 1.807) is 30.8 Å². The van der Waals surface area contributed by atoms with Crippen LogP contribution in [0.4, 0.5) is 19.0 Å². The smallest absolute Gasteiger partial charge is 0.373 e. The largest absolute Gasteiger partial charge is 0.395 e. The van der Waals surface area contributed by atoms with E-state index in [9.17, 15) is 27.6 Å². The van der Waals surface area contributed by atoms with Gasteiger partial charge in [-0.1, -0.05) is 0 Å². The van der Waals surface area contributed by atoms with E-state index in [1.807, 2.05) is 5.01 Å². The number of hydrogen-bond acceptors (Lipinski definition) is 7. The van der Waals surface area contributed by atoms with Crippen LogP contribution in [0.1, 0.15) is 72.1 Å². The molecule has 9 nitrogen and oxygen atoms in total. The van der Waals surface area contributed by atoms with Crippen molar-refractivity contribution in [3.8, 4) is 0 Å². The summed E-state index contributed by atoms with van der Waals surface area (Å²) in [6.07, 6.45) is -0.790. The Kier molecular flexibility index (Phi) is 5.91. The average molecular weight is 546 g/mol. The van der Waals surface area contributed by atoms with E-state index >= 15 is 0 Å². The van der Waals surface area contributed by atoms with Gasteiger partial charge in [-0.3, -0.25) is 14.4 Å². The molecule has 4 aliphatic rings. The predicted octanol–water partition coefficient (Wildman–Crippen LogP) is 3.62. The standard InChI is InChI=1S/C27H30F3N5O4/c1-15-16(2)32-23(21(31-15)22(37)25-13-26(25,14-25)27(28,29)30)33-24(38)17-7-10-39-19(11-17)18-5-6-20(36)35(12-18)34-8-3-4-9-34/h5-6,12,17,19H,3-4,7-11,13-14H2,1-2H3,(H,32,33,38). The molecule has 0 aromatic carbocycles. The summed E-state index contributed by atoms with van der Waals surface area (Å²) in [6, 6.07) is 3.21. The highest BCUT2D eigenvalue weighted by atomic mass is 19.4. The van der Waals surface area contributed by atoms with E-state index in [0.29, 0.717) is 30.8 Å². The van der Waals surface area contributed by atoms with E-state index in [2.05, 4.69) is 15.3 Å². The molecule has 2 aromatic heterocycles. The van der Waals surface area contributed by atoms with Crippen LogP contribution in [-0.2, 0) is 9.53 Å². The lowest BCUT2D eigenvalue weighted by molar-refractivity contribution is -0.168. The third-order valence-corrected chi connectivity index (χ3v) is 8.94. The summed E-state index contributed by atoms with van der Waals surface area (Å²) < 4.78 is 48.1. The highest BCUT2D eigenvalue weighted by Crippen LogP contribution is 2.91. The molecule has 0 spiro atoms. The minimum absolute atomic E-state index is 0.0945. The molecule has 6 rings (SSSR count). The number of rotatable bonds is 6. The van der Waals surface area contributed by atoms with Crippen LogP contribution in [0.5, 0.6) is 0 Å². The van der Waals surface area contributed by atoms with Crippen molar-refractivity contribution in [2.45, 2.75) is 64.7 Å². The Hall–Kier alpha value is -3.28. The Bertz CT molecular complexity index is 1410. The summed E-state index contributed by atoms with van der Waals surface area (Å²) >= 11 is 0. The van der Waals surface area contributed by atoms with Crippen LogP contribution < -0.4 is 15.9 Å². The van der Waals surface area contributed by atoms with Crippen LogP contribution in [0.2, 0.25) is 0 Å². The monoisotopic (exact) mass is 545 g/mol. The Morgan fingerprint density at radius 1 is 1.10 bits per heavy atom. The summed E-state index contributed by atoms with van der Waals surface area (Å²) in [5.74, 6) is -1.69. The quantitative estimate of drug-likeness (QED) is 0.553. The van der Waals surface area contributed by atoms with Gasteiger partial charge in [0.15, 0.2) is 11.6 Å². The number of fused-ring (bicyclic) bond motifs is 1. The van der Waals surface area contributed by atoms with Crippen LogP contribution in [0.25, 0.3) is 0 Å². The van der Waals surface area contributed by atoms with Gasteiger partial charge in [-0.05, 0) is 64.0 Å². The summed E-state index contributed by atoms with van der Waals surface area (Å²) in [4.78, 5) is 47.7. The van der Waals surface area contributed by atoms with Gasteiger partial charge in [0.25, 0.3) is 5.56 Å². The number of ether oxygens (including phenoxy) is 1. The van der Waals surface area contributed by atoms with Crippen LogP contribution in [-0.4, -0.2) is 52.2 Å². The lowest BCUT2D eigenvalue weighted by Gasteiger charge is -2.30. The molecule has 2 aliphatic heterocycles. The van der Waals surface area contributed by atoms with Crippen molar-refractivity contribution in [1.29, 1.82) is 0 Å². The highest BCUT2D eigenvalue weighted by Gasteiger charge is 2.96. The molecule has 2 saturated heterocycles. The van der Waals surface area contributed by atoms with Crippen molar-refractivity contribution in [3.05, 3.63) is 51.3 Å². The maximum atomic E-state index is 13.5. The number of nitrogens with one attached hydrogen (secondary N) is 1. The molecule has 12 heteroatoms. The Balaban J connectivity index is 1.20. The number of halogens is 3. The van der Waals surface area contributed by atoms with Crippen molar-refractivity contribution in [3.63, 3.8) is 0 Å². The number of nitrogens with zero attached hydrogens (tertiary/aromatic N) is 4. The molecule has 2 atom stereocenters. The molecule has 1 N–H and O–H groups in total. The van der Waals surface area contributed by atoms with Gasteiger partial charge >= 0.3 is 6.18 Å². The van der Waals surface area contributed by atoms with E-state index in [4.69, 9.17) is 4.74 Å².